The summed E-state index contributed by atoms with van der Waals surface area (Å²) in [4.78, 5) is 62.7. The number of anilines is 1. The molecule has 3 aromatic rings. The number of allylic oxidation sites excluding steroid dienone is 3. The highest BCUT2D eigenvalue weighted by Crippen LogP contribution is 2.61. The molecule has 3 aliphatic heterocycles. The summed E-state index contributed by atoms with van der Waals surface area (Å²) in [7, 11) is 1.49. The number of hydrogen-bond donors (Lipinski definition) is 1. The van der Waals surface area contributed by atoms with Gasteiger partial charge in [-0.1, -0.05) is 78.4 Å². The van der Waals surface area contributed by atoms with Crippen LogP contribution in [0.4, 0.5) is 5.69 Å². The Hall–Kier alpha value is -5.02. The first kappa shape index (κ1) is 33.1. The van der Waals surface area contributed by atoms with E-state index in [2.05, 4.69) is 23.1 Å². The quantitative estimate of drug-likeness (QED) is 0.246. The molecule has 3 aromatic carbocycles. The number of nitrogens with zero attached hydrogens (tertiary/aromatic N) is 3. The number of carbonyl (C=O) groups excluding carboxylic acids is 4. The van der Waals surface area contributed by atoms with Crippen molar-refractivity contribution >= 4 is 35.4 Å². The van der Waals surface area contributed by atoms with Gasteiger partial charge in [0.15, 0.2) is 11.5 Å². The van der Waals surface area contributed by atoms with Crippen molar-refractivity contribution in [1.82, 2.24) is 9.80 Å². The minimum Gasteiger partial charge on any atom is -0.504 e. The number of benzene rings is 3. The van der Waals surface area contributed by atoms with Gasteiger partial charge in [0.25, 0.3) is 0 Å². The van der Waals surface area contributed by atoms with Gasteiger partial charge in [0, 0.05) is 31.6 Å². The van der Waals surface area contributed by atoms with Crippen molar-refractivity contribution in [2.45, 2.75) is 45.2 Å². The lowest BCUT2D eigenvalue weighted by atomic mass is 9.52. The number of rotatable bonds is 7. The Morgan fingerprint density at radius 3 is 2.29 bits per heavy atom. The monoisotopic (exact) mass is 685 g/mol. The van der Waals surface area contributed by atoms with Gasteiger partial charge < -0.3 is 9.84 Å². The molecule has 9 heteroatoms. The lowest BCUT2D eigenvalue weighted by molar-refractivity contribution is -0.144. The van der Waals surface area contributed by atoms with Gasteiger partial charge in [-0.05, 0) is 73.9 Å². The number of hydrogen-bond acceptors (Lipinski definition) is 7. The van der Waals surface area contributed by atoms with Crippen molar-refractivity contribution in [2.75, 3.05) is 25.1 Å². The van der Waals surface area contributed by atoms with E-state index in [1.54, 1.807) is 35.2 Å². The number of carbonyl (C=O) groups is 4. The molecule has 4 fully saturated rings. The molecule has 0 radical (unpaired) electrons. The Morgan fingerprint density at radius 2 is 1.59 bits per heavy atom. The van der Waals surface area contributed by atoms with Crippen molar-refractivity contribution < 1.29 is 29.0 Å². The van der Waals surface area contributed by atoms with Crippen LogP contribution < -0.4 is 9.64 Å². The second-order valence-electron chi connectivity index (χ2n) is 14.9. The van der Waals surface area contributed by atoms with Crippen molar-refractivity contribution in [3.05, 3.63) is 108 Å². The first-order valence-electron chi connectivity index (χ1n) is 18.0. The number of methoxy groups -OCH3 is 1. The van der Waals surface area contributed by atoms with Crippen molar-refractivity contribution in [3.63, 3.8) is 0 Å². The molecule has 1 N–H and O–H groups in total. The highest BCUT2D eigenvalue weighted by molar-refractivity contribution is 6.24. The maximum atomic E-state index is 14.5. The van der Waals surface area contributed by atoms with E-state index in [0.717, 1.165) is 43.6 Å². The molecule has 3 saturated heterocycles. The summed E-state index contributed by atoms with van der Waals surface area (Å²) in [6.45, 7) is 4.34. The van der Waals surface area contributed by atoms with E-state index < -0.39 is 29.1 Å². The Labute approximate surface area is 298 Å². The van der Waals surface area contributed by atoms with Crippen LogP contribution in [-0.2, 0) is 25.7 Å². The fourth-order valence-electron chi connectivity index (χ4n) is 9.61. The average Bonchev–Trinajstić information content (AvgIpc) is 3.52. The maximum Gasteiger partial charge on any atom is 0.241 e. The minimum atomic E-state index is -1.10. The molecule has 51 heavy (non-hydrogen) atoms. The summed E-state index contributed by atoms with van der Waals surface area (Å²) in [5.41, 5.74) is 2.39. The van der Waals surface area contributed by atoms with Gasteiger partial charge in [0.05, 0.1) is 36.0 Å². The lowest BCUT2D eigenvalue weighted by Gasteiger charge is -2.48. The standard InChI is InChI=1S/C42H43N3O6/c1-42-33(17-13-26-14-18-35(46)36(23-26)51-2)30-15-16-31-37(32(30)24-34(42)39(48)45(41(42)50)28-11-7-4-8-12-28)40(49)44(38(31)47)29-19-21-43(22-20-29)25-27-9-5-3-6-10-27/h3-15,17-18,23,29,31-34,37,46H,16,19-22,24-25H2,1-2H3. The van der Waals surface area contributed by atoms with Gasteiger partial charge >= 0.3 is 0 Å². The van der Waals surface area contributed by atoms with Gasteiger partial charge in [-0.3, -0.25) is 29.0 Å². The van der Waals surface area contributed by atoms with Gasteiger partial charge in [-0.25, -0.2) is 4.90 Å². The zero-order chi connectivity index (χ0) is 35.4. The summed E-state index contributed by atoms with van der Waals surface area (Å²) in [5.74, 6) is -2.97. The van der Waals surface area contributed by atoms with Crippen LogP contribution in [-0.4, -0.2) is 64.8 Å². The fraction of sp³-hybridized carbons (Fsp3) is 0.381. The summed E-state index contributed by atoms with van der Waals surface area (Å²) in [5, 5.41) is 10.2. The zero-order valence-electron chi connectivity index (χ0n) is 29.0. The molecule has 0 spiro atoms. The Morgan fingerprint density at radius 1 is 0.882 bits per heavy atom. The number of fused-ring (bicyclic) bond motifs is 4. The number of piperidine rings is 1. The molecule has 4 amide bonds. The number of phenols is 1. The van der Waals surface area contributed by atoms with E-state index in [-0.39, 0.29) is 41.3 Å². The van der Waals surface area contributed by atoms with Crippen molar-refractivity contribution in [3.8, 4) is 11.5 Å². The third-order valence-corrected chi connectivity index (χ3v) is 12.3. The number of imide groups is 2. The van der Waals surface area contributed by atoms with E-state index in [1.165, 1.54) is 17.6 Å². The maximum absolute atomic E-state index is 14.5. The van der Waals surface area contributed by atoms with Crippen LogP contribution in [0.15, 0.2) is 96.6 Å². The number of aromatic hydroxyl groups is 1. The van der Waals surface area contributed by atoms with Gasteiger partial charge in [0.1, 0.15) is 0 Å². The number of likely N-dealkylation sites (tertiary alicyclic amines) is 2. The molecule has 262 valence electrons. The van der Waals surface area contributed by atoms with E-state index in [4.69, 9.17) is 4.74 Å². The van der Waals surface area contributed by atoms with Gasteiger partial charge in [-0.2, -0.15) is 0 Å². The first-order chi connectivity index (χ1) is 24.7. The number of para-hydroxylation sites is 1. The fourth-order valence-corrected chi connectivity index (χ4v) is 9.61. The molecule has 0 aromatic heterocycles. The minimum absolute atomic E-state index is 0.0198. The summed E-state index contributed by atoms with van der Waals surface area (Å²) in [6, 6.07) is 24.2. The van der Waals surface area contributed by atoms with E-state index in [0.29, 0.717) is 24.3 Å². The second-order valence-corrected chi connectivity index (χ2v) is 14.9. The van der Waals surface area contributed by atoms with Crippen LogP contribution in [0.2, 0.25) is 0 Å². The lowest BCUT2D eigenvalue weighted by Crippen LogP contribution is -2.50. The molecule has 1 saturated carbocycles. The SMILES string of the molecule is COc1cc(C=CC2C3=CCC4C(=O)N(C5CCN(Cc6ccccc6)CC5)C(=O)C4C3CC3C(=O)N(c4ccccc4)C(=O)C23C)ccc1O. The molecular formula is C42H43N3O6. The molecule has 9 nitrogen and oxygen atoms in total. The number of phenolic OH excluding ortho intramolecular Hbond substituents is 1. The summed E-state index contributed by atoms with van der Waals surface area (Å²) in [6.07, 6.45) is 8.17. The normalized spacial score (nSPS) is 29.7. The smallest absolute Gasteiger partial charge is 0.241 e. The van der Waals surface area contributed by atoms with E-state index >= 15 is 0 Å². The largest absolute Gasteiger partial charge is 0.504 e. The highest BCUT2D eigenvalue weighted by Gasteiger charge is 2.67. The van der Waals surface area contributed by atoms with Crippen LogP contribution in [0.3, 0.4) is 0 Å². The van der Waals surface area contributed by atoms with Gasteiger partial charge in [0.2, 0.25) is 23.6 Å². The van der Waals surface area contributed by atoms with Crippen LogP contribution in [0.25, 0.3) is 6.08 Å². The molecule has 8 rings (SSSR count). The third kappa shape index (κ3) is 5.41. The van der Waals surface area contributed by atoms with Crippen molar-refractivity contribution in [1.29, 1.82) is 0 Å². The average molecular weight is 686 g/mol. The number of ether oxygens (including phenoxy) is 1. The van der Waals surface area contributed by atoms with E-state index in [9.17, 15) is 24.3 Å². The molecule has 3 heterocycles. The molecule has 2 aliphatic carbocycles. The van der Waals surface area contributed by atoms with Crippen LogP contribution in [0.5, 0.6) is 11.5 Å². The molecular weight excluding hydrogens is 642 g/mol. The Bertz CT molecular complexity index is 1930. The zero-order valence-corrected chi connectivity index (χ0v) is 29.0. The Balaban J connectivity index is 1.11. The predicted molar refractivity (Wildman–Crippen MR) is 192 cm³/mol. The van der Waals surface area contributed by atoms with Crippen LogP contribution in [0.1, 0.15) is 43.7 Å². The molecule has 5 aliphatic rings. The second kappa shape index (κ2) is 12.9. The van der Waals surface area contributed by atoms with E-state index in [1.807, 2.05) is 55.5 Å². The number of amides is 4. The summed E-state index contributed by atoms with van der Waals surface area (Å²) < 4.78 is 5.33. The molecule has 6 unspecified atom stereocenters. The topological polar surface area (TPSA) is 107 Å². The van der Waals surface area contributed by atoms with Crippen molar-refractivity contribution in [2.24, 2.45) is 35.0 Å². The highest BCUT2D eigenvalue weighted by atomic mass is 16.5. The summed E-state index contributed by atoms with van der Waals surface area (Å²) >= 11 is 0. The molecule has 6 atom stereocenters. The first-order valence-corrected chi connectivity index (χ1v) is 18.0. The van der Waals surface area contributed by atoms with Crippen LogP contribution in [0, 0.1) is 35.0 Å². The predicted octanol–water partition coefficient (Wildman–Crippen LogP) is 5.84. The molecule has 0 bridgehead atoms. The third-order valence-electron chi connectivity index (χ3n) is 12.3. The van der Waals surface area contributed by atoms with Crippen LogP contribution >= 0.6 is 0 Å². The van der Waals surface area contributed by atoms with Gasteiger partial charge in [-0.15, -0.1) is 0 Å². The Kier molecular flexibility index (Phi) is 8.41.